The van der Waals surface area contributed by atoms with Gasteiger partial charge < -0.3 is 15.8 Å². The lowest BCUT2D eigenvalue weighted by Crippen LogP contribution is -2.53. The summed E-state index contributed by atoms with van der Waals surface area (Å²) in [6, 6.07) is 4.59. The summed E-state index contributed by atoms with van der Waals surface area (Å²) in [6.45, 7) is 0. The van der Waals surface area contributed by atoms with E-state index in [0.29, 0.717) is 17.4 Å². The third-order valence-corrected chi connectivity index (χ3v) is 5.31. The molecule has 0 saturated heterocycles. The highest BCUT2D eigenvalue weighted by atomic mass is 16.6. The summed E-state index contributed by atoms with van der Waals surface area (Å²) in [5, 5.41) is 14.1. The Labute approximate surface area is 140 Å². The maximum atomic E-state index is 12.6. The van der Waals surface area contributed by atoms with Gasteiger partial charge >= 0.3 is 5.69 Å². The predicted octanol–water partition coefficient (Wildman–Crippen LogP) is 2.24. The summed E-state index contributed by atoms with van der Waals surface area (Å²) in [5.74, 6) is 0.742. The molecule has 2 aliphatic rings. The number of nitro benzene ring substituents is 1. The van der Waals surface area contributed by atoms with E-state index in [1.54, 1.807) is 0 Å². The zero-order valence-corrected chi connectivity index (χ0v) is 13.7. The molecule has 2 aliphatic carbocycles. The van der Waals surface area contributed by atoms with Crippen LogP contribution in [0.15, 0.2) is 18.2 Å². The van der Waals surface area contributed by atoms with Crippen molar-refractivity contribution in [3.05, 3.63) is 33.9 Å². The largest absolute Gasteiger partial charge is 0.490 e. The number of carbonyl (C=O) groups is 1. The van der Waals surface area contributed by atoms with Gasteiger partial charge in [0, 0.05) is 29.8 Å². The zero-order valence-electron chi connectivity index (χ0n) is 13.7. The molecule has 2 unspecified atom stereocenters. The van der Waals surface area contributed by atoms with Crippen molar-refractivity contribution in [2.75, 3.05) is 7.11 Å². The number of ether oxygens (including phenoxy) is 1. The Kier molecular flexibility index (Phi) is 4.71. The van der Waals surface area contributed by atoms with E-state index in [2.05, 4.69) is 5.32 Å². The molecule has 24 heavy (non-hydrogen) atoms. The molecule has 0 aromatic heterocycles. The van der Waals surface area contributed by atoms with Gasteiger partial charge in [0.1, 0.15) is 0 Å². The molecule has 1 aromatic rings. The first kappa shape index (κ1) is 16.7. The fourth-order valence-electron chi connectivity index (χ4n) is 4.23. The standard InChI is InChI=1S/C17H23N3O4/c1-24-15-9-12(5-6-14(15)20(22)23)17(21)19-16-10-3-2-4-11(16)8-13(18)7-10/h5-6,9-11,13,16H,2-4,7-8,18H2,1H3,(H,19,21). The maximum Gasteiger partial charge on any atom is 0.310 e. The average molecular weight is 333 g/mol. The van der Waals surface area contributed by atoms with E-state index in [4.69, 9.17) is 10.5 Å². The van der Waals surface area contributed by atoms with E-state index in [1.165, 1.54) is 31.7 Å². The van der Waals surface area contributed by atoms with Gasteiger partial charge in [-0.3, -0.25) is 14.9 Å². The summed E-state index contributed by atoms with van der Waals surface area (Å²) in [7, 11) is 1.36. The predicted molar refractivity (Wildman–Crippen MR) is 88.9 cm³/mol. The highest BCUT2D eigenvalue weighted by Crippen LogP contribution is 2.40. The van der Waals surface area contributed by atoms with Crippen LogP contribution >= 0.6 is 0 Å². The molecule has 7 nitrogen and oxygen atoms in total. The molecule has 1 amide bonds. The van der Waals surface area contributed by atoms with Crippen LogP contribution in [0, 0.1) is 22.0 Å². The number of nitrogens with zero attached hydrogens (tertiary/aromatic N) is 1. The van der Waals surface area contributed by atoms with E-state index < -0.39 is 4.92 Å². The minimum Gasteiger partial charge on any atom is -0.490 e. The van der Waals surface area contributed by atoms with E-state index >= 15 is 0 Å². The molecule has 1 aromatic carbocycles. The Balaban J connectivity index is 1.76. The van der Waals surface area contributed by atoms with E-state index in [9.17, 15) is 14.9 Å². The molecule has 2 atom stereocenters. The number of nitro groups is 1. The summed E-state index contributed by atoms with van der Waals surface area (Å²) in [4.78, 5) is 23.0. The van der Waals surface area contributed by atoms with Crippen LogP contribution in [0.25, 0.3) is 0 Å². The molecule has 2 bridgehead atoms. The molecule has 130 valence electrons. The van der Waals surface area contributed by atoms with Gasteiger partial charge in [0.2, 0.25) is 0 Å². The summed E-state index contributed by atoms with van der Waals surface area (Å²) >= 11 is 0. The van der Waals surface area contributed by atoms with Crippen LogP contribution in [-0.2, 0) is 0 Å². The van der Waals surface area contributed by atoms with Gasteiger partial charge in [-0.15, -0.1) is 0 Å². The van der Waals surface area contributed by atoms with E-state index in [1.807, 2.05) is 0 Å². The van der Waals surface area contributed by atoms with Crippen LogP contribution in [0.3, 0.4) is 0 Å². The number of fused-ring (bicyclic) bond motifs is 2. The van der Waals surface area contributed by atoms with Crippen molar-refractivity contribution in [1.82, 2.24) is 5.32 Å². The van der Waals surface area contributed by atoms with Crippen molar-refractivity contribution < 1.29 is 14.5 Å². The molecule has 0 heterocycles. The number of hydrogen-bond donors (Lipinski definition) is 2. The normalized spacial score (nSPS) is 28.9. The number of carbonyl (C=O) groups excluding carboxylic acids is 1. The number of amides is 1. The van der Waals surface area contributed by atoms with Gasteiger partial charge in [0.25, 0.3) is 5.91 Å². The van der Waals surface area contributed by atoms with E-state index in [-0.39, 0.29) is 29.4 Å². The van der Waals surface area contributed by atoms with Crippen LogP contribution in [0.2, 0.25) is 0 Å². The SMILES string of the molecule is COc1cc(C(=O)NC2C3CCCC2CC(N)C3)ccc1[N+](=O)[O-]. The topological polar surface area (TPSA) is 107 Å². The summed E-state index contributed by atoms with van der Waals surface area (Å²) in [5.41, 5.74) is 6.36. The third kappa shape index (κ3) is 3.21. The minimum atomic E-state index is -0.520. The number of methoxy groups -OCH3 is 1. The smallest absolute Gasteiger partial charge is 0.310 e. The van der Waals surface area contributed by atoms with Gasteiger partial charge in [-0.25, -0.2) is 0 Å². The number of nitrogens with one attached hydrogen (secondary N) is 1. The molecule has 3 N–H and O–H groups in total. The van der Waals surface area contributed by atoms with Crippen molar-refractivity contribution in [3.8, 4) is 5.75 Å². The number of nitrogens with two attached hydrogens (primary N) is 1. The van der Waals surface area contributed by atoms with Crippen molar-refractivity contribution in [2.45, 2.75) is 44.2 Å². The highest BCUT2D eigenvalue weighted by molar-refractivity contribution is 5.95. The van der Waals surface area contributed by atoms with Crippen molar-refractivity contribution in [2.24, 2.45) is 17.6 Å². The zero-order chi connectivity index (χ0) is 17.3. The van der Waals surface area contributed by atoms with Gasteiger partial charge in [-0.1, -0.05) is 6.42 Å². The monoisotopic (exact) mass is 333 g/mol. The molecule has 0 spiro atoms. The third-order valence-electron chi connectivity index (χ3n) is 5.31. The second-order valence-electron chi connectivity index (χ2n) is 6.83. The van der Waals surface area contributed by atoms with Crippen LogP contribution < -0.4 is 15.8 Å². The van der Waals surface area contributed by atoms with Crippen LogP contribution in [0.5, 0.6) is 5.75 Å². The first-order valence-electron chi connectivity index (χ1n) is 8.38. The van der Waals surface area contributed by atoms with Crippen LogP contribution in [0.1, 0.15) is 42.5 Å². The lowest BCUT2D eigenvalue weighted by molar-refractivity contribution is -0.385. The van der Waals surface area contributed by atoms with Crippen molar-refractivity contribution >= 4 is 11.6 Å². The molecule has 0 aliphatic heterocycles. The minimum absolute atomic E-state index is 0.0958. The molecular formula is C17H23N3O4. The Bertz CT molecular complexity index is 635. The second-order valence-corrected chi connectivity index (χ2v) is 6.83. The van der Waals surface area contributed by atoms with E-state index in [0.717, 1.165) is 25.7 Å². The molecule has 2 fully saturated rings. The lowest BCUT2D eigenvalue weighted by Gasteiger charge is -2.45. The quantitative estimate of drug-likeness (QED) is 0.649. The van der Waals surface area contributed by atoms with Gasteiger partial charge in [0.05, 0.1) is 12.0 Å². The highest BCUT2D eigenvalue weighted by Gasteiger charge is 2.40. The number of hydrogen-bond acceptors (Lipinski definition) is 5. The molecule has 7 heteroatoms. The fourth-order valence-corrected chi connectivity index (χ4v) is 4.23. The Hall–Kier alpha value is -2.15. The van der Waals surface area contributed by atoms with Crippen molar-refractivity contribution in [1.29, 1.82) is 0 Å². The molecule has 2 saturated carbocycles. The lowest BCUT2D eigenvalue weighted by atomic mass is 9.67. The van der Waals surface area contributed by atoms with Crippen molar-refractivity contribution in [3.63, 3.8) is 0 Å². The number of benzene rings is 1. The van der Waals surface area contributed by atoms with Gasteiger partial charge in [-0.2, -0.15) is 0 Å². The Morgan fingerprint density at radius 2 is 2.00 bits per heavy atom. The van der Waals surface area contributed by atoms with Crippen LogP contribution in [-0.4, -0.2) is 30.0 Å². The Morgan fingerprint density at radius 1 is 1.33 bits per heavy atom. The average Bonchev–Trinajstić information content (AvgIpc) is 2.54. The molecule has 3 rings (SSSR count). The summed E-state index contributed by atoms with van der Waals surface area (Å²) < 4.78 is 5.04. The second kappa shape index (κ2) is 6.76. The fraction of sp³-hybridized carbons (Fsp3) is 0.588. The van der Waals surface area contributed by atoms with Crippen LogP contribution in [0.4, 0.5) is 5.69 Å². The van der Waals surface area contributed by atoms with Gasteiger partial charge in [0.15, 0.2) is 5.75 Å². The van der Waals surface area contributed by atoms with Gasteiger partial charge in [-0.05, 0) is 43.6 Å². The number of rotatable bonds is 4. The molecular weight excluding hydrogens is 310 g/mol. The maximum absolute atomic E-state index is 12.6. The first-order valence-corrected chi connectivity index (χ1v) is 8.38. The Morgan fingerprint density at radius 3 is 2.58 bits per heavy atom. The molecule has 0 radical (unpaired) electrons. The summed E-state index contributed by atoms with van der Waals surface area (Å²) in [6.07, 6.45) is 5.29. The first-order chi connectivity index (χ1) is 11.5.